The van der Waals surface area contributed by atoms with Crippen LogP contribution in [0.2, 0.25) is 0 Å². The molecule has 2 aromatic carbocycles. The zero-order chi connectivity index (χ0) is 19.1. The van der Waals surface area contributed by atoms with Gasteiger partial charge in [0, 0.05) is 25.2 Å². The third-order valence-corrected chi connectivity index (χ3v) is 5.16. The summed E-state index contributed by atoms with van der Waals surface area (Å²) < 4.78 is 40.7. The minimum absolute atomic E-state index is 0.0572. The first-order chi connectivity index (χ1) is 13.0. The third kappa shape index (κ3) is 2.97. The highest BCUT2D eigenvalue weighted by atomic mass is 19.2. The molecular formula is C20H17F3N2O2. The largest absolute Gasteiger partial charge is 0.312 e. The van der Waals surface area contributed by atoms with Gasteiger partial charge in [0.15, 0.2) is 17.5 Å². The number of carbonyl (C=O) groups is 2. The molecule has 2 aromatic rings. The summed E-state index contributed by atoms with van der Waals surface area (Å²) in [5.41, 5.74) is 1.57. The van der Waals surface area contributed by atoms with E-state index in [9.17, 15) is 22.8 Å². The summed E-state index contributed by atoms with van der Waals surface area (Å²) in [6, 6.07) is 9.41. The Morgan fingerprint density at radius 2 is 1.78 bits per heavy atom. The molecule has 27 heavy (non-hydrogen) atoms. The van der Waals surface area contributed by atoms with E-state index in [4.69, 9.17) is 0 Å². The molecule has 1 fully saturated rings. The zero-order valence-electron chi connectivity index (χ0n) is 14.4. The monoisotopic (exact) mass is 374 g/mol. The van der Waals surface area contributed by atoms with Gasteiger partial charge in [0.1, 0.15) is 0 Å². The second-order valence-electron chi connectivity index (χ2n) is 6.82. The standard InChI is InChI=1S/C20H17F3N2O2/c21-14-7-8-16(19(23)18(14)22)25-11-13(10-17(25)26)20(27)24-9-3-5-12-4-1-2-6-15(12)24/h1-2,4,6-8,13H,3,5,9-11H2. The normalized spacial score (nSPS) is 19.4. The minimum Gasteiger partial charge on any atom is -0.312 e. The Morgan fingerprint density at radius 1 is 1.00 bits per heavy atom. The lowest BCUT2D eigenvalue weighted by Gasteiger charge is -2.31. The maximum atomic E-state index is 14.1. The van der Waals surface area contributed by atoms with Crippen molar-refractivity contribution >= 4 is 23.2 Å². The Labute approximate surface area is 154 Å². The van der Waals surface area contributed by atoms with Crippen molar-refractivity contribution in [1.82, 2.24) is 0 Å². The van der Waals surface area contributed by atoms with E-state index >= 15 is 0 Å². The molecule has 1 atom stereocenters. The summed E-state index contributed by atoms with van der Waals surface area (Å²) in [6.07, 6.45) is 1.62. The highest BCUT2D eigenvalue weighted by Crippen LogP contribution is 2.33. The van der Waals surface area contributed by atoms with Crippen LogP contribution in [0.25, 0.3) is 0 Å². The highest BCUT2D eigenvalue weighted by Gasteiger charge is 2.39. The molecule has 0 saturated carbocycles. The molecular weight excluding hydrogens is 357 g/mol. The number of hydrogen-bond donors (Lipinski definition) is 0. The Balaban J connectivity index is 1.58. The van der Waals surface area contributed by atoms with E-state index in [-0.39, 0.29) is 24.6 Å². The summed E-state index contributed by atoms with van der Waals surface area (Å²) in [5, 5.41) is 0. The van der Waals surface area contributed by atoms with Gasteiger partial charge >= 0.3 is 0 Å². The van der Waals surface area contributed by atoms with Gasteiger partial charge in [-0.25, -0.2) is 13.2 Å². The lowest BCUT2D eigenvalue weighted by Crippen LogP contribution is -2.40. The molecule has 0 aliphatic carbocycles. The fourth-order valence-corrected chi connectivity index (χ4v) is 3.81. The summed E-state index contributed by atoms with van der Waals surface area (Å²) in [6.45, 7) is 0.498. The molecule has 2 amide bonds. The molecule has 4 rings (SSSR count). The quantitative estimate of drug-likeness (QED) is 0.756. The molecule has 2 aliphatic heterocycles. The van der Waals surface area contributed by atoms with Crippen molar-refractivity contribution in [2.24, 2.45) is 5.92 Å². The van der Waals surface area contributed by atoms with Crippen LogP contribution in [-0.4, -0.2) is 24.9 Å². The number of carbonyl (C=O) groups excluding carboxylic acids is 2. The van der Waals surface area contributed by atoms with Crippen molar-refractivity contribution in [2.75, 3.05) is 22.9 Å². The van der Waals surface area contributed by atoms with E-state index in [0.717, 1.165) is 41.1 Å². The van der Waals surface area contributed by atoms with Crippen molar-refractivity contribution in [3.63, 3.8) is 0 Å². The van der Waals surface area contributed by atoms with Gasteiger partial charge in [0.05, 0.1) is 11.6 Å². The molecule has 0 N–H and O–H groups in total. The Morgan fingerprint density at radius 3 is 2.59 bits per heavy atom. The minimum atomic E-state index is -1.62. The van der Waals surface area contributed by atoms with E-state index in [1.165, 1.54) is 0 Å². The predicted octanol–water partition coefficient (Wildman–Crippen LogP) is 3.44. The van der Waals surface area contributed by atoms with Gasteiger partial charge in [-0.1, -0.05) is 18.2 Å². The molecule has 1 unspecified atom stereocenters. The number of amides is 2. The van der Waals surface area contributed by atoms with Gasteiger partial charge in [0.25, 0.3) is 0 Å². The van der Waals surface area contributed by atoms with Crippen LogP contribution in [0.4, 0.5) is 24.5 Å². The lowest BCUT2D eigenvalue weighted by molar-refractivity contribution is -0.124. The van der Waals surface area contributed by atoms with E-state index in [2.05, 4.69) is 0 Å². The van der Waals surface area contributed by atoms with Crippen molar-refractivity contribution in [1.29, 1.82) is 0 Å². The van der Waals surface area contributed by atoms with E-state index in [1.54, 1.807) is 4.90 Å². The Kier molecular flexibility index (Phi) is 4.37. The average Bonchev–Trinajstić information content (AvgIpc) is 3.07. The molecule has 7 heteroatoms. The molecule has 0 radical (unpaired) electrons. The summed E-state index contributed by atoms with van der Waals surface area (Å²) in [7, 11) is 0. The Bertz CT molecular complexity index is 931. The first kappa shape index (κ1) is 17.6. The predicted molar refractivity (Wildman–Crippen MR) is 93.9 cm³/mol. The van der Waals surface area contributed by atoms with E-state index in [0.29, 0.717) is 6.54 Å². The van der Waals surface area contributed by atoms with Crippen molar-refractivity contribution in [3.8, 4) is 0 Å². The summed E-state index contributed by atoms with van der Waals surface area (Å²) >= 11 is 0. The van der Waals surface area contributed by atoms with Crippen LogP contribution in [0.15, 0.2) is 36.4 Å². The van der Waals surface area contributed by atoms with Crippen LogP contribution < -0.4 is 9.80 Å². The number of para-hydroxylation sites is 1. The van der Waals surface area contributed by atoms with Crippen LogP contribution in [0, 0.1) is 23.4 Å². The van der Waals surface area contributed by atoms with Crippen LogP contribution in [-0.2, 0) is 16.0 Å². The van der Waals surface area contributed by atoms with Gasteiger partial charge < -0.3 is 9.80 Å². The number of halogens is 3. The van der Waals surface area contributed by atoms with Gasteiger partial charge in [-0.15, -0.1) is 0 Å². The molecule has 2 aliphatic rings. The first-order valence-corrected chi connectivity index (χ1v) is 8.80. The van der Waals surface area contributed by atoms with Gasteiger partial charge in [0.2, 0.25) is 11.8 Å². The molecule has 0 aromatic heterocycles. The Hall–Kier alpha value is -2.83. The molecule has 0 spiro atoms. The van der Waals surface area contributed by atoms with Crippen molar-refractivity contribution < 1.29 is 22.8 Å². The fourth-order valence-electron chi connectivity index (χ4n) is 3.81. The summed E-state index contributed by atoms with van der Waals surface area (Å²) in [5.74, 6) is -5.71. The molecule has 1 saturated heterocycles. The third-order valence-electron chi connectivity index (χ3n) is 5.16. The second kappa shape index (κ2) is 6.72. The van der Waals surface area contributed by atoms with Crippen LogP contribution in [0.1, 0.15) is 18.4 Å². The smallest absolute Gasteiger partial charge is 0.232 e. The second-order valence-corrected chi connectivity index (χ2v) is 6.82. The number of fused-ring (bicyclic) bond motifs is 1. The van der Waals surface area contributed by atoms with Crippen molar-refractivity contribution in [2.45, 2.75) is 19.3 Å². The van der Waals surface area contributed by atoms with Gasteiger partial charge in [-0.2, -0.15) is 0 Å². The number of nitrogens with zero attached hydrogens (tertiary/aromatic N) is 2. The highest BCUT2D eigenvalue weighted by molar-refractivity contribution is 6.04. The fraction of sp³-hybridized carbons (Fsp3) is 0.300. The molecule has 0 bridgehead atoms. The maximum Gasteiger partial charge on any atom is 0.232 e. The first-order valence-electron chi connectivity index (χ1n) is 8.80. The van der Waals surface area contributed by atoms with Crippen molar-refractivity contribution in [3.05, 3.63) is 59.4 Å². The van der Waals surface area contributed by atoms with Gasteiger partial charge in [-0.05, 0) is 36.6 Å². The topological polar surface area (TPSA) is 40.6 Å². The van der Waals surface area contributed by atoms with E-state index < -0.39 is 29.3 Å². The number of rotatable bonds is 2. The number of aryl methyl sites for hydroxylation is 1. The molecule has 4 nitrogen and oxygen atoms in total. The van der Waals surface area contributed by atoms with Crippen LogP contribution in [0.5, 0.6) is 0 Å². The average molecular weight is 374 g/mol. The number of hydrogen-bond acceptors (Lipinski definition) is 2. The molecule has 140 valence electrons. The maximum absolute atomic E-state index is 14.1. The van der Waals surface area contributed by atoms with E-state index in [1.807, 2.05) is 24.3 Å². The zero-order valence-corrected chi connectivity index (χ0v) is 14.4. The van der Waals surface area contributed by atoms with Gasteiger partial charge in [-0.3, -0.25) is 9.59 Å². The lowest BCUT2D eigenvalue weighted by atomic mass is 9.99. The summed E-state index contributed by atoms with van der Waals surface area (Å²) in [4.78, 5) is 28.0. The van der Waals surface area contributed by atoms with Crippen LogP contribution in [0.3, 0.4) is 0 Å². The number of benzene rings is 2. The number of anilines is 2. The van der Waals surface area contributed by atoms with Crippen LogP contribution >= 0.6 is 0 Å². The molecule has 2 heterocycles. The SMILES string of the molecule is O=C(C1CC(=O)N(c2ccc(F)c(F)c2F)C1)N1CCCc2ccccc21.